The van der Waals surface area contributed by atoms with E-state index in [2.05, 4.69) is 4.98 Å². The average molecular weight is 246 g/mol. The molecule has 0 spiro atoms. The van der Waals surface area contributed by atoms with Gasteiger partial charge in [-0.3, -0.25) is 5.41 Å². The van der Waals surface area contributed by atoms with Crippen LogP contribution in [0.1, 0.15) is 29.7 Å². The number of aliphatic hydroxyl groups is 1. The highest BCUT2D eigenvalue weighted by Crippen LogP contribution is 2.29. The molecule has 5 heteroatoms. The van der Waals surface area contributed by atoms with Crippen molar-refractivity contribution in [1.29, 1.82) is 5.41 Å². The van der Waals surface area contributed by atoms with Crippen molar-refractivity contribution in [3.05, 3.63) is 22.9 Å². The van der Waals surface area contributed by atoms with Gasteiger partial charge < -0.3 is 15.7 Å². The van der Waals surface area contributed by atoms with Gasteiger partial charge in [0.15, 0.2) is 0 Å². The molecule has 1 fully saturated rings. The van der Waals surface area contributed by atoms with E-state index < -0.39 is 0 Å². The number of fused-ring (bicyclic) bond motifs is 1. The first-order valence-corrected chi connectivity index (χ1v) is 6.45. The fraction of sp³-hybridized carbons (Fsp3) is 0.538. The quantitative estimate of drug-likeness (QED) is 0.521. The summed E-state index contributed by atoms with van der Waals surface area (Å²) in [5.41, 5.74) is 8.74. The molecule has 1 aromatic rings. The number of hydrogen-bond donors (Lipinski definition) is 3. The molecule has 2 aliphatic rings. The molecule has 3 rings (SSSR count). The third kappa shape index (κ3) is 1.84. The molecule has 2 heterocycles. The first-order valence-electron chi connectivity index (χ1n) is 6.45. The van der Waals surface area contributed by atoms with Gasteiger partial charge in [0.1, 0.15) is 11.7 Å². The summed E-state index contributed by atoms with van der Waals surface area (Å²) in [4.78, 5) is 6.73. The largest absolute Gasteiger partial charge is 0.391 e. The number of β-amino-alcohol motifs (C(OH)–C–C–N with tert-alkyl or cyclic N) is 1. The van der Waals surface area contributed by atoms with Crippen LogP contribution in [0.2, 0.25) is 0 Å². The Labute approximate surface area is 106 Å². The molecule has 1 atom stereocenters. The lowest BCUT2D eigenvalue weighted by Gasteiger charge is -2.21. The van der Waals surface area contributed by atoms with Gasteiger partial charge in [0.05, 0.1) is 11.7 Å². The summed E-state index contributed by atoms with van der Waals surface area (Å²) >= 11 is 0. The first kappa shape index (κ1) is 11.5. The van der Waals surface area contributed by atoms with Crippen molar-refractivity contribution >= 4 is 11.7 Å². The molecule has 96 valence electrons. The summed E-state index contributed by atoms with van der Waals surface area (Å²) in [6, 6.07) is 2.01. The van der Waals surface area contributed by atoms with Crippen LogP contribution in [0.4, 0.5) is 5.82 Å². The van der Waals surface area contributed by atoms with Gasteiger partial charge in [0.2, 0.25) is 0 Å². The third-order valence-corrected chi connectivity index (χ3v) is 3.78. The number of nitrogens with zero attached hydrogens (tertiary/aromatic N) is 2. The maximum atomic E-state index is 9.63. The van der Waals surface area contributed by atoms with Crippen LogP contribution in [0, 0.1) is 5.41 Å². The van der Waals surface area contributed by atoms with E-state index in [1.807, 2.05) is 11.0 Å². The van der Waals surface area contributed by atoms with E-state index in [-0.39, 0.29) is 11.9 Å². The minimum Gasteiger partial charge on any atom is -0.391 e. The van der Waals surface area contributed by atoms with E-state index in [1.165, 1.54) is 5.56 Å². The molecule has 1 aromatic heterocycles. The number of aliphatic hydroxyl groups excluding tert-OH is 1. The molecule has 4 N–H and O–H groups in total. The third-order valence-electron chi connectivity index (χ3n) is 3.78. The summed E-state index contributed by atoms with van der Waals surface area (Å²) < 4.78 is 0. The number of aryl methyl sites for hydroxylation is 2. The Bertz CT molecular complexity index is 500. The van der Waals surface area contributed by atoms with Crippen molar-refractivity contribution in [2.75, 3.05) is 18.0 Å². The molecule has 0 bridgehead atoms. The second-order valence-corrected chi connectivity index (χ2v) is 5.12. The zero-order valence-corrected chi connectivity index (χ0v) is 10.3. The van der Waals surface area contributed by atoms with Crippen LogP contribution in [0.5, 0.6) is 0 Å². The van der Waals surface area contributed by atoms with Crippen molar-refractivity contribution in [3.63, 3.8) is 0 Å². The molecule has 0 aromatic carbocycles. The maximum Gasteiger partial charge on any atom is 0.139 e. The van der Waals surface area contributed by atoms with Gasteiger partial charge in [-0.15, -0.1) is 0 Å². The van der Waals surface area contributed by atoms with Gasteiger partial charge in [-0.1, -0.05) is 0 Å². The van der Waals surface area contributed by atoms with Crippen LogP contribution >= 0.6 is 0 Å². The van der Waals surface area contributed by atoms with Crippen LogP contribution in [-0.4, -0.2) is 35.1 Å². The van der Waals surface area contributed by atoms with E-state index in [0.717, 1.165) is 43.7 Å². The fourth-order valence-electron chi connectivity index (χ4n) is 2.83. The molecule has 1 saturated heterocycles. The van der Waals surface area contributed by atoms with Crippen molar-refractivity contribution in [1.82, 2.24) is 4.98 Å². The Kier molecular flexibility index (Phi) is 2.70. The number of nitrogens with two attached hydrogens (primary N) is 1. The molecule has 18 heavy (non-hydrogen) atoms. The predicted octanol–water partition coefficient (Wildman–Crippen LogP) is 0.425. The molecule has 1 aliphatic carbocycles. The standard InChI is InChI=1S/C13H18N4O/c14-12(15)10-6-8-2-1-3-11(8)16-13(10)17-5-4-9(18)7-17/h6,9,18H,1-5,7H2,(H3,14,15). The zero-order chi connectivity index (χ0) is 12.7. The molecule has 0 amide bonds. The van der Waals surface area contributed by atoms with Crippen molar-refractivity contribution in [2.24, 2.45) is 5.73 Å². The minimum atomic E-state index is -0.292. The number of nitrogen functional groups attached to an aromatic ring is 1. The molecular weight excluding hydrogens is 228 g/mol. The van der Waals surface area contributed by atoms with Gasteiger partial charge in [0.25, 0.3) is 0 Å². The molecule has 5 nitrogen and oxygen atoms in total. The summed E-state index contributed by atoms with van der Waals surface area (Å²) in [5, 5.41) is 17.3. The number of anilines is 1. The molecular formula is C13H18N4O. The number of hydrogen-bond acceptors (Lipinski definition) is 4. The molecule has 0 radical (unpaired) electrons. The van der Waals surface area contributed by atoms with Crippen LogP contribution in [0.3, 0.4) is 0 Å². The number of rotatable bonds is 2. The lowest BCUT2D eigenvalue weighted by molar-refractivity contribution is 0.198. The molecule has 0 saturated carbocycles. The van der Waals surface area contributed by atoms with E-state index in [1.54, 1.807) is 0 Å². The summed E-state index contributed by atoms with van der Waals surface area (Å²) in [7, 11) is 0. The highest BCUT2D eigenvalue weighted by Gasteiger charge is 2.26. The first-order chi connectivity index (χ1) is 8.65. The monoisotopic (exact) mass is 246 g/mol. The van der Waals surface area contributed by atoms with E-state index in [4.69, 9.17) is 11.1 Å². The van der Waals surface area contributed by atoms with E-state index >= 15 is 0 Å². The number of amidine groups is 1. The minimum absolute atomic E-state index is 0.0635. The van der Waals surface area contributed by atoms with Gasteiger partial charge in [-0.25, -0.2) is 4.98 Å². The second-order valence-electron chi connectivity index (χ2n) is 5.12. The fourth-order valence-corrected chi connectivity index (χ4v) is 2.83. The predicted molar refractivity (Wildman–Crippen MR) is 70.1 cm³/mol. The highest BCUT2D eigenvalue weighted by atomic mass is 16.3. The topological polar surface area (TPSA) is 86.2 Å². The number of pyridine rings is 1. The van der Waals surface area contributed by atoms with Gasteiger partial charge in [-0.05, 0) is 37.3 Å². The Balaban J connectivity index is 2.04. The summed E-state index contributed by atoms with van der Waals surface area (Å²) in [6.45, 7) is 1.37. The highest BCUT2D eigenvalue weighted by molar-refractivity contribution is 6.00. The average Bonchev–Trinajstić information content (AvgIpc) is 2.94. The zero-order valence-electron chi connectivity index (χ0n) is 10.3. The van der Waals surface area contributed by atoms with Crippen LogP contribution in [0.15, 0.2) is 6.07 Å². The maximum absolute atomic E-state index is 9.63. The lowest BCUT2D eigenvalue weighted by atomic mass is 10.1. The Morgan fingerprint density at radius 3 is 3.00 bits per heavy atom. The number of nitrogens with one attached hydrogen (secondary N) is 1. The summed E-state index contributed by atoms with van der Waals surface area (Å²) in [5.74, 6) is 0.841. The second kappa shape index (κ2) is 4.24. The SMILES string of the molecule is N=C(N)c1cc2c(nc1N1CCC(O)C1)CCC2. The van der Waals surface area contributed by atoms with Crippen molar-refractivity contribution in [3.8, 4) is 0 Å². The van der Waals surface area contributed by atoms with E-state index in [0.29, 0.717) is 12.1 Å². The normalized spacial score (nSPS) is 22.3. The van der Waals surface area contributed by atoms with Gasteiger partial charge >= 0.3 is 0 Å². The Hall–Kier alpha value is -1.62. The van der Waals surface area contributed by atoms with Gasteiger partial charge in [0, 0.05) is 18.8 Å². The van der Waals surface area contributed by atoms with Crippen LogP contribution in [-0.2, 0) is 12.8 Å². The Morgan fingerprint density at radius 1 is 1.50 bits per heavy atom. The van der Waals surface area contributed by atoms with Crippen molar-refractivity contribution < 1.29 is 5.11 Å². The number of aromatic nitrogens is 1. The lowest BCUT2D eigenvalue weighted by Crippen LogP contribution is -2.27. The van der Waals surface area contributed by atoms with Crippen LogP contribution < -0.4 is 10.6 Å². The summed E-state index contributed by atoms with van der Waals surface area (Å²) in [6.07, 6.45) is 3.64. The molecule has 1 unspecified atom stereocenters. The van der Waals surface area contributed by atoms with Crippen LogP contribution in [0.25, 0.3) is 0 Å². The van der Waals surface area contributed by atoms with Gasteiger partial charge in [-0.2, -0.15) is 0 Å². The van der Waals surface area contributed by atoms with E-state index in [9.17, 15) is 5.11 Å². The Morgan fingerprint density at radius 2 is 2.33 bits per heavy atom. The smallest absolute Gasteiger partial charge is 0.139 e. The van der Waals surface area contributed by atoms with Crippen molar-refractivity contribution in [2.45, 2.75) is 31.8 Å². The molecule has 1 aliphatic heterocycles.